The number of hydrogen-bond acceptors (Lipinski definition) is 3. The van der Waals surface area contributed by atoms with E-state index in [2.05, 4.69) is 0 Å². The van der Waals surface area contributed by atoms with Gasteiger partial charge in [-0.15, -0.1) is 0 Å². The summed E-state index contributed by atoms with van der Waals surface area (Å²) in [6.07, 6.45) is 5.73. The van der Waals surface area contributed by atoms with Crippen molar-refractivity contribution in [3.8, 4) is 11.3 Å². The summed E-state index contributed by atoms with van der Waals surface area (Å²) >= 11 is 0. The Morgan fingerprint density at radius 2 is 1.78 bits per heavy atom. The molecule has 0 bridgehead atoms. The minimum absolute atomic E-state index is 0.0235. The van der Waals surface area contributed by atoms with Crippen molar-refractivity contribution < 1.29 is 4.92 Å². The van der Waals surface area contributed by atoms with Crippen LogP contribution in [-0.4, -0.2) is 9.49 Å². The van der Waals surface area contributed by atoms with Crippen molar-refractivity contribution in [1.29, 1.82) is 0 Å². The number of nitro benzene ring substituents is 1. The lowest BCUT2D eigenvalue weighted by Gasteiger charge is -2.13. The summed E-state index contributed by atoms with van der Waals surface area (Å²) in [6.45, 7) is 0. The Bertz CT molecular complexity index is 924. The second kappa shape index (κ2) is 5.88. The average Bonchev–Trinajstić information content (AvgIpc) is 2.55. The van der Waals surface area contributed by atoms with Crippen molar-refractivity contribution >= 4 is 17.8 Å². The predicted octanol–water partition coefficient (Wildman–Crippen LogP) is 3.57. The molecule has 5 heteroatoms. The molecule has 3 rings (SSSR count). The van der Waals surface area contributed by atoms with Crippen molar-refractivity contribution in [2.24, 2.45) is 7.05 Å². The van der Waals surface area contributed by atoms with Crippen LogP contribution in [0.5, 0.6) is 0 Å². The van der Waals surface area contributed by atoms with Gasteiger partial charge < -0.3 is 4.57 Å². The van der Waals surface area contributed by atoms with Gasteiger partial charge in [0.1, 0.15) is 0 Å². The van der Waals surface area contributed by atoms with E-state index in [-0.39, 0.29) is 11.1 Å². The van der Waals surface area contributed by atoms with E-state index < -0.39 is 4.92 Å². The molecule has 0 N–H and O–H groups in total. The van der Waals surface area contributed by atoms with E-state index in [1.54, 1.807) is 24.3 Å². The molecule has 0 saturated heterocycles. The Hall–Kier alpha value is -3.21. The van der Waals surface area contributed by atoms with E-state index >= 15 is 0 Å². The predicted molar refractivity (Wildman–Crippen MR) is 90.3 cm³/mol. The van der Waals surface area contributed by atoms with Gasteiger partial charge in [-0.2, -0.15) is 0 Å². The van der Waals surface area contributed by atoms with Gasteiger partial charge >= 0.3 is 0 Å². The third kappa shape index (κ3) is 3.03. The average molecular weight is 306 g/mol. The van der Waals surface area contributed by atoms with Crippen LogP contribution in [0.15, 0.2) is 59.5 Å². The van der Waals surface area contributed by atoms with Gasteiger partial charge in [0.15, 0.2) is 5.43 Å². The van der Waals surface area contributed by atoms with Crippen LogP contribution in [0.25, 0.3) is 23.4 Å². The maximum Gasteiger partial charge on any atom is 0.269 e. The molecule has 5 nitrogen and oxygen atoms in total. The van der Waals surface area contributed by atoms with Crippen LogP contribution in [0.3, 0.4) is 0 Å². The van der Waals surface area contributed by atoms with Crippen LogP contribution in [-0.2, 0) is 7.05 Å². The second-order valence-electron chi connectivity index (χ2n) is 5.24. The second-order valence-corrected chi connectivity index (χ2v) is 5.24. The van der Waals surface area contributed by atoms with Gasteiger partial charge in [-0.3, -0.25) is 14.9 Å². The summed E-state index contributed by atoms with van der Waals surface area (Å²) in [4.78, 5) is 21.8. The normalized spacial score (nSPS) is 11.2. The Morgan fingerprint density at radius 1 is 1.04 bits per heavy atom. The number of aryl methyl sites for hydroxylation is 1. The SMILES string of the molecule is Cn1ccc(C=Cc2ccc([N+](=O)[O-])cc2)c2ccc(=O)cc1-2. The largest absolute Gasteiger partial charge is 0.350 e. The Balaban J connectivity index is 1.97. The zero-order valence-corrected chi connectivity index (χ0v) is 12.5. The van der Waals surface area contributed by atoms with Crippen molar-refractivity contribution in [2.75, 3.05) is 0 Å². The first-order valence-electron chi connectivity index (χ1n) is 7.06. The molecule has 1 aromatic carbocycles. The van der Waals surface area contributed by atoms with Gasteiger partial charge in [-0.25, -0.2) is 0 Å². The quantitative estimate of drug-likeness (QED) is 0.549. The summed E-state index contributed by atoms with van der Waals surface area (Å²) < 4.78 is 1.90. The molecule has 1 heterocycles. The van der Waals surface area contributed by atoms with Gasteiger partial charge in [-0.05, 0) is 41.5 Å². The van der Waals surface area contributed by atoms with E-state index in [1.807, 2.05) is 42.1 Å². The smallest absolute Gasteiger partial charge is 0.269 e. The molecule has 0 fully saturated rings. The van der Waals surface area contributed by atoms with E-state index in [9.17, 15) is 14.9 Å². The van der Waals surface area contributed by atoms with Crippen molar-refractivity contribution in [1.82, 2.24) is 4.57 Å². The van der Waals surface area contributed by atoms with Crippen LogP contribution in [0, 0.1) is 10.1 Å². The molecule has 0 atom stereocenters. The maximum atomic E-state index is 11.5. The Labute approximate surface area is 132 Å². The number of nitro groups is 1. The fourth-order valence-electron chi connectivity index (χ4n) is 2.45. The molecule has 0 unspecified atom stereocenters. The molecule has 0 aromatic heterocycles. The first-order chi connectivity index (χ1) is 11.0. The zero-order chi connectivity index (χ0) is 16.4. The van der Waals surface area contributed by atoms with Gasteiger partial charge in [0.05, 0.1) is 10.6 Å². The molecule has 0 amide bonds. The topological polar surface area (TPSA) is 65.1 Å². The highest BCUT2D eigenvalue weighted by Crippen LogP contribution is 2.25. The third-order valence-electron chi connectivity index (χ3n) is 3.70. The summed E-state index contributed by atoms with van der Waals surface area (Å²) in [5.74, 6) is 0. The van der Waals surface area contributed by atoms with E-state index in [4.69, 9.17) is 0 Å². The highest BCUT2D eigenvalue weighted by molar-refractivity contribution is 5.80. The first kappa shape index (κ1) is 14.7. The van der Waals surface area contributed by atoms with E-state index in [0.29, 0.717) is 0 Å². The molecule has 1 aliphatic carbocycles. The Morgan fingerprint density at radius 3 is 2.48 bits per heavy atom. The molecule has 0 radical (unpaired) electrons. The molecular weight excluding hydrogens is 292 g/mol. The van der Waals surface area contributed by atoms with Crippen LogP contribution in [0.4, 0.5) is 5.69 Å². The molecule has 0 saturated carbocycles. The highest BCUT2D eigenvalue weighted by Gasteiger charge is 2.08. The van der Waals surface area contributed by atoms with Gasteiger partial charge in [0.25, 0.3) is 5.69 Å². The minimum atomic E-state index is -0.418. The number of non-ortho nitro benzene ring substituents is 1. The number of fused-ring (bicyclic) bond motifs is 1. The van der Waals surface area contributed by atoms with Crippen molar-refractivity contribution in [2.45, 2.75) is 0 Å². The van der Waals surface area contributed by atoms with Gasteiger partial charge in [0.2, 0.25) is 0 Å². The number of nitrogens with zero attached hydrogens (tertiary/aromatic N) is 2. The minimum Gasteiger partial charge on any atom is -0.350 e. The number of hydrogen-bond donors (Lipinski definition) is 0. The monoisotopic (exact) mass is 306 g/mol. The van der Waals surface area contributed by atoms with Crippen LogP contribution >= 0.6 is 0 Å². The molecule has 1 aliphatic heterocycles. The highest BCUT2D eigenvalue weighted by atomic mass is 16.6. The van der Waals surface area contributed by atoms with Crippen molar-refractivity contribution in [3.63, 3.8) is 0 Å². The Kier molecular flexibility index (Phi) is 3.76. The lowest BCUT2D eigenvalue weighted by molar-refractivity contribution is -0.384. The first-order valence-corrected chi connectivity index (χ1v) is 7.06. The summed E-state index contributed by atoms with van der Waals surface area (Å²) in [7, 11) is 1.89. The number of aromatic nitrogens is 1. The van der Waals surface area contributed by atoms with Gasteiger partial charge in [-0.1, -0.05) is 12.2 Å². The molecule has 0 spiro atoms. The lowest BCUT2D eigenvalue weighted by atomic mass is 10.0. The molecule has 1 aromatic rings. The number of rotatable bonds is 3. The standard InChI is InChI=1S/C18H14N2O3/c1-19-11-10-14(17-9-8-16(21)12-18(17)19)5-2-13-3-6-15(7-4-13)20(22)23/h2-12H,1H3. The number of pyridine rings is 1. The van der Waals surface area contributed by atoms with Crippen molar-refractivity contribution in [3.05, 3.63) is 86.2 Å². The van der Waals surface area contributed by atoms with Crippen LogP contribution in [0.1, 0.15) is 11.1 Å². The van der Waals surface area contributed by atoms with Crippen LogP contribution in [0.2, 0.25) is 0 Å². The van der Waals surface area contributed by atoms with Crippen LogP contribution < -0.4 is 5.43 Å². The lowest BCUT2D eigenvalue weighted by Crippen LogP contribution is -2.05. The summed E-state index contributed by atoms with van der Waals surface area (Å²) in [5.41, 5.74) is 3.75. The summed E-state index contributed by atoms with van der Waals surface area (Å²) in [5, 5.41) is 10.7. The molecule has 114 valence electrons. The zero-order valence-electron chi connectivity index (χ0n) is 12.5. The van der Waals surface area contributed by atoms with Gasteiger partial charge in [0, 0.05) is 37.0 Å². The summed E-state index contributed by atoms with van der Waals surface area (Å²) in [6, 6.07) is 13.3. The number of benzene rings is 2. The molecule has 23 heavy (non-hydrogen) atoms. The molecular formula is C18H14N2O3. The van der Waals surface area contributed by atoms with E-state index in [1.165, 1.54) is 12.1 Å². The fraction of sp³-hybridized carbons (Fsp3) is 0.0556. The molecule has 2 aliphatic rings. The van der Waals surface area contributed by atoms with E-state index in [0.717, 1.165) is 22.4 Å². The fourth-order valence-corrected chi connectivity index (χ4v) is 2.45. The maximum absolute atomic E-state index is 11.5. The third-order valence-corrected chi connectivity index (χ3v) is 3.70.